The lowest BCUT2D eigenvalue weighted by Crippen LogP contribution is -1.91. The van der Waals surface area contributed by atoms with Crippen molar-refractivity contribution in [2.24, 2.45) is 0 Å². The number of aryl methyl sites for hydroxylation is 2. The molecule has 0 saturated carbocycles. The van der Waals surface area contributed by atoms with Gasteiger partial charge in [-0.3, -0.25) is 0 Å². The predicted molar refractivity (Wildman–Crippen MR) is 69.3 cm³/mol. The second-order valence-electron chi connectivity index (χ2n) is 3.23. The molecule has 1 aromatic rings. The van der Waals surface area contributed by atoms with Gasteiger partial charge in [-0.25, -0.2) is 0 Å². The van der Waals surface area contributed by atoms with Crippen molar-refractivity contribution >= 4 is 17.6 Å². The van der Waals surface area contributed by atoms with Crippen molar-refractivity contribution in [2.75, 3.05) is 5.73 Å². The molecule has 3 heteroatoms. The number of allylic oxidation sites excluding steroid dienone is 2. The molecule has 1 heterocycles. The molecule has 1 aromatic carbocycles. The van der Waals surface area contributed by atoms with E-state index in [2.05, 4.69) is 4.72 Å². The second kappa shape index (κ2) is 6.19. The molecule has 0 unspecified atom stereocenters. The zero-order valence-electron chi connectivity index (χ0n) is 9.03. The number of nitrogen functional groups attached to an aromatic ring is 1. The highest BCUT2D eigenvalue weighted by Gasteiger charge is 1.92. The Balaban J connectivity index is 0.000000162. The van der Waals surface area contributed by atoms with Crippen LogP contribution in [-0.4, -0.2) is 0 Å². The molecule has 3 N–H and O–H groups in total. The van der Waals surface area contributed by atoms with Gasteiger partial charge >= 0.3 is 0 Å². The first-order chi connectivity index (χ1) is 7.22. The number of hydrogen-bond donors (Lipinski definition) is 2. The van der Waals surface area contributed by atoms with E-state index in [0.29, 0.717) is 0 Å². The van der Waals surface area contributed by atoms with Crippen molar-refractivity contribution in [3.8, 4) is 0 Å². The standard InChI is InChI=1S/C8H11N.C4H5NS/c1-6-4-3-5-7(2)8(6)9;1-2-4-6-5-3-1/h3-5H,9H2,1-2H3;1-5H. The lowest BCUT2D eigenvalue weighted by molar-refractivity contribution is 1.39. The zero-order valence-corrected chi connectivity index (χ0v) is 9.84. The third-order valence-corrected chi connectivity index (χ3v) is 2.60. The van der Waals surface area contributed by atoms with Crippen molar-refractivity contribution in [1.82, 2.24) is 4.72 Å². The molecule has 2 rings (SSSR count). The van der Waals surface area contributed by atoms with E-state index in [9.17, 15) is 0 Å². The third-order valence-electron chi connectivity index (χ3n) is 2.03. The number of anilines is 1. The Morgan fingerprint density at radius 1 is 1.13 bits per heavy atom. The molecule has 0 aromatic heterocycles. The maximum Gasteiger partial charge on any atom is 0.0373 e. The highest BCUT2D eigenvalue weighted by Crippen LogP contribution is 2.13. The Morgan fingerprint density at radius 2 is 1.80 bits per heavy atom. The topological polar surface area (TPSA) is 38.0 Å². The molecule has 80 valence electrons. The summed E-state index contributed by atoms with van der Waals surface area (Å²) in [5.41, 5.74) is 8.92. The maximum absolute atomic E-state index is 5.68. The van der Waals surface area contributed by atoms with Crippen LogP contribution in [0.1, 0.15) is 11.1 Å². The van der Waals surface area contributed by atoms with Crippen LogP contribution in [0.15, 0.2) is 42.0 Å². The minimum absolute atomic E-state index is 0.914. The fourth-order valence-corrected chi connectivity index (χ4v) is 1.49. The molecule has 15 heavy (non-hydrogen) atoms. The van der Waals surface area contributed by atoms with Gasteiger partial charge in [0, 0.05) is 11.9 Å². The number of nitrogens with one attached hydrogen (secondary N) is 1. The van der Waals surface area contributed by atoms with Crippen LogP contribution in [0.5, 0.6) is 0 Å². The van der Waals surface area contributed by atoms with Gasteiger partial charge in [0.05, 0.1) is 0 Å². The smallest absolute Gasteiger partial charge is 0.0373 e. The summed E-state index contributed by atoms with van der Waals surface area (Å²) in [4.78, 5) is 0. The molecular formula is C12H16N2S. The second-order valence-corrected chi connectivity index (χ2v) is 3.97. The Bertz CT molecular complexity index is 338. The first-order valence-corrected chi connectivity index (χ1v) is 5.64. The number of rotatable bonds is 0. The summed E-state index contributed by atoms with van der Waals surface area (Å²) in [6.07, 6.45) is 5.84. The molecule has 0 aliphatic carbocycles. The van der Waals surface area contributed by atoms with Crippen LogP contribution < -0.4 is 10.5 Å². The van der Waals surface area contributed by atoms with E-state index >= 15 is 0 Å². The molecule has 0 saturated heterocycles. The van der Waals surface area contributed by atoms with Crippen LogP contribution >= 0.6 is 11.9 Å². The quantitative estimate of drug-likeness (QED) is 0.521. The minimum atomic E-state index is 0.914. The van der Waals surface area contributed by atoms with Gasteiger partial charge in [0.2, 0.25) is 0 Å². The third kappa shape index (κ3) is 4.13. The van der Waals surface area contributed by atoms with E-state index in [1.807, 2.05) is 55.8 Å². The van der Waals surface area contributed by atoms with E-state index in [1.54, 1.807) is 11.9 Å². The molecule has 0 amide bonds. The van der Waals surface area contributed by atoms with Crippen LogP contribution in [0.25, 0.3) is 0 Å². The molecular weight excluding hydrogens is 204 g/mol. The molecule has 1 aliphatic heterocycles. The first-order valence-electron chi connectivity index (χ1n) is 4.76. The fraction of sp³-hybridized carbons (Fsp3) is 0.167. The monoisotopic (exact) mass is 220 g/mol. The van der Waals surface area contributed by atoms with Gasteiger partial charge in [0.1, 0.15) is 0 Å². The molecule has 1 aliphatic rings. The average molecular weight is 220 g/mol. The Hall–Kier alpha value is -1.35. The summed E-state index contributed by atoms with van der Waals surface area (Å²) in [6, 6.07) is 6.05. The zero-order chi connectivity index (χ0) is 11.1. The van der Waals surface area contributed by atoms with Gasteiger partial charge in [-0.2, -0.15) is 0 Å². The summed E-state index contributed by atoms with van der Waals surface area (Å²) < 4.78 is 2.93. The van der Waals surface area contributed by atoms with Crippen molar-refractivity contribution in [1.29, 1.82) is 0 Å². The van der Waals surface area contributed by atoms with Crippen LogP contribution in [-0.2, 0) is 0 Å². The van der Waals surface area contributed by atoms with Gasteiger partial charge in [-0.15, -0.1) is 0 Å². The molecule has 0 fully saturated rings. The van der Waals surface area contributed by atoms with E-state index in [1.165, 1.54) is 0 Å². The lowest BCUT2D eigenvalue weighted by atomic mass is 10.1. The van der Waals surface area contributed by atoms with Crippen LogP contribution in [0.4, 0.5) is 5.69 Å². The van der Waals surface area contributed by atoms with Crippen molar-refractivity contribution < 1.29 is 0 Å². The average Bonchev–Trinajstić information content (AvgIpc) is 2.29. The number of para-hydroxylation sites is 1. The normalized spacial score (nSPS) is 12.7. The van der Waals surface area contributed by atoms with Gasteiger partial charge in [0.25, 0.3) is 0 Å². The van der Waals surface area contributed by atoms with Gasteiger partial charge in [-0.1, -0.05) is 24.3 Å². The lowest BCUT2D eigenvalue weighted by Gasteiger charge is -2.00. The SMILES string of the molecule is C1=CNSC=C1.Cc1cccc(C)c1N. The molecule has 0 bridgehead atoms. The Morgan fingerprint density at radius 3 is 2.07 bits per heavy atom. The van der Waals surface area contributed by atoms with Crippen molar-refractivity contribution in [2.45, 2.75) is 13.8 Å². The summed E-state index contributed by atoms with van der Waals surface area (Å²) >= 11 is 1.58. The summed E-state index contributed by atoms with van der Waals surface area (Å²) in [5, 5.41) is 1.99. The molecule has 0 spiro atoms. The van der Waals surface area contributed by atoms with Crippen LogP contribution in [0, 0.1) is 13.8 Å². The number of hydrogen-bond acceptors (Lipinski definition) is 3. The number of benzene rings is 1. The molecule has 0 radical (unpaired) electrons. The van der Waals surface area contributed by atoms with E-state index in [0.717, 1.165) is 16.8 Å². The van der Waals surface area contributed by atoms with Crippen LogP contribution in [0.3, 0.4) is 0 Å². The molecule has 0 atom stereocenters. The highest BCUT2D eigenvalue weighted by atomic mass is 32.2. The predicted octanol–water partition coefficient (Wildman–Crippen LogP) is 3.15. The number of nitrogens with two attached hydrogens (primary N) is 1. The van der Waals surface area contributed by atoms with Crippen molar-refractivity contribution in [3.63, 3.8) is 0 Å². The van der Waals surface area contributed by atoms with Gasteiger partial charge in [-0.05, 0) is 48.4 Å². The van der Waals surface area contributed by atoms with E-state index in [-0.39, 0.29) is 0 Å². The molecule has 2 nitrogen and oxygen atoms in total. The summed E-state index contributed by atoms with van der Waals surface area (Å²) in [5.74, 6) is 0. The van der Waals surface area contributed by atoms with Gasteiger partial charge < -0.3 is 10.5 Å². The summed E-state index contributed by atoms with van der Waals surface area (Å²) in [6.45, 7) is 4.03. The maximum atomic E-state index is 5.68. The summed E-state index contributed by atoms with van der Waals surface area (Å²) in [7, 11) is 0. The van der Waals surface area contributed by atoms with E-state index < -0.39 is 0 Å². The Kier molecular flexibility index (Phi) is 4.84. The van der Waals surface area contributed by atoms with Gasteiger partial charge in [0.15, 0.2) is 0 Å². The van der Waals surface area contributed by atoms with Crippen molar-refractivity contribution in [3.05, 3.63) is 53.1 Å². The fourth-order valence-electron chi connectivity index (χ4n) is 1.09. The van der Waals surface area contributed by atoms with Crippen LogP contribution in [0.2, 0.25) is 0 Å². The minimum Gasteiger partial charge on any atom is -0.398 e. The first kappa shape index (κ1) is 11.7. The largest absolute Gasteiger partial charge is 0.398 e. The Labute approximate surface area is 95.4 Å². The van der Waals surface area contributed by atoms with E-state index in [4.69, 9.17) is 5.73 Å². The highest BCUT2D eigenvalue weighted by molar-refractivity contribution is 8.00.